The first kappa shape index (κ1) is 16.1. The first-order valence-electron chi connectivity index (χ1n) is 6.42. The lowest BCUT2D eigenvalue weighted by molar-refractivity contribution is -0.143. The van der Waals surface area contributed by atoms with Crippen molar-refractivity contribution in [1.29, 1.82) is 0 Å². The number of methoxy groups -OCH3 is 1. The van der Waals surface area contributed by atoms with E-state index in [1.165, 1.54) is 25.3 Å². The van der Waals surface area contributed by atoms with Gasteiger partial charge in [-0.1, -0.05) is 24.4 Å². The minimum absolute atomic E-state index is 0.0156. The zero-order valence-electron chi connectivity index (χ0n) is 11.4. The summed E-state index contributed by atoms with van der Waals surface area (Å²) in [5, 5.41) is 9.38. The molecule has 0 spiro atoms. The summed E-state index contributed by atoms with van der Waals surface area (Å²) in [6.45, 7) is 0. The van der Waals surface area contributed by atoms with Crippen LogP contribution in [0.3, 0.4) is 0 Å². The molecule has 0 aromatic heterocycles. The molecule has 0 atom stereocenters. The molecule has 21 heavy (non-hydrogen) atoms. The minimum Gasteiger partial charge on any atom is -0.497 e. The fraction of sp³-hybridized carbons (Fsp3) is 0.462. The Kier molecular flexibility index (Phi) is 4.46. The van der Waals surface area contributed by atoms with Gasteiger partial charge in [-0.15, -0.1) is 0 Å². The second-order valence-corrected chi connectivity index (χ2v) is 7.05. The summed E-state index contributed by atoms with van der Waals surface area (Å²) in [6, 6.07) is 4.20. The highest BCUT2D eigenvalue weighted by molar-refractivity contribution is 7.89. The molecule has 0 saturated heterocycles. The minimum atomic E-state index is -4.05. The number of aliphatic carboxylic acids is 1. The van der Waals surface area contributed by atoms with E-state index in [2.05, 4.69) is 4.72 Å². The Morgan fingerprint density at radius 2 is 2.00 bits per heavy atom. The van der Waals surface area contributed by atoms with E-state index < -0.39 is 21.5 Å². The maximum absolute atomic E-state index is 12.5. The molecule has 0 amide bonds. The first-order chi connectivity index (χ1) is 9.81. The van der Waals surface area contributed by atoms with Crippen molar-refractivity contribution in [3.8, 4) is 5.75 Å². The van der Waals surface area contributed by atoms with Crippen LogP contribution in [0.4, 0.5) is 0 Å². The lowest BCUT2D eigenvalue weighted by Gasteiger charge is -2.25. The van der Waals surface area contributed by atoms with Crippen LogP contribution >= 0.6 is 11.6 Å². The van der Waals surface area contributed by atoms with Crippen LogP contribution in [0.1, 0.15) is 25.7 Å². The average molecular weight is 334 g/mol. The number of hydrogen-bond acceptors (Lipinski definition) is 4. The van der Waals surface area contributed by atoms with Crippen molar-refractivity contribution in [2.75, 3.05) is 7.11 Å². The van der Waals surface area contributed by atoms with Gasteiger partial charge in [-0.25, -0.2) is 8.42 Å². The highest BCUT2D eigenvalue weighted by atomic mass is 35.5. The van der Waals surface area contributed by atoms with E-state index in [4.69, 9.17) is 16.3 Å². The summed E-state index contributed by atoms with van der Waals surface area (Å²) in [5.74, 6) is -0.835. The molecule has 0 unspecified atom stereocenters. The predicted octanol–water partition coefficient (Wildman–Crippen LogP) is 2.02. The third-order valence-corrected chi connectivity index (χ3v) is 5.64. The van der Waals surface area contributed by atoms with Gasteiger partial charge < -0.3 is 9.84 Å². The summed E-state index contributed by atoms with van der Waals surface area (Å²) in [5.41, 5.74) is -1.45. The molecule has 6 nitrogen and oxygen atoms in total. The van der Waals surface area contributed by atoms with Crippen molar-refractivity contribution in [1.82, 2.24) is 4.72 Å². The van der Waals surface area contributed by atoms with E-state index in [9.17, 15) is 18.3 Å². The van der Waals surface area contributed by atoms with Crippen molar-refractivity contribution >= 4 is 27.6 Å². The van der Waals surface area contributed by atoms with Gasteiger partial charge in [-0.3, -0.25) is 4.79 Å². The Bertz CT molecular complexity index is 653. The van der Waals surface area contributed by atoms with E-state index in [-0.39, 0.29) is 22.8 Å². The maximum Gasteiger partial charge on any atom is 0.324 e. The van der Waals surface area contributed by atoms with Crippen molar-refractivity contribution in [3.63, 3.8) is 0 Å². The van der Waals surface area contributed by atoms with E-state index in [0.717, 1.165) is 0 Å². The molecule has 1 saturated carbocycles. The second-order valence-electron chi connectivity index (χ2n) is 5.00. The molecule has 1 aromatic rings. The highest BCUT2D eigenvalue weighted by Gasteiger charge is 2.45. The maximum atomic E-state index is 12.5. The molecule has 2 rings (SSSR count). The standard InChI is InChI=1S/C13H16ClNO5S/c1-20-9-4-5-10(14)11(8-9)21(18,19)15-13(12(16)17)6-2-3-7-13/h4-5,8,15H,2-3,6-7H2,1H3,(H,16,17). The van der Waals surface area contributed by atoms with E-state index in [1.54, 1.807) is 0 Å². The zero-order valence-corrected chi connectivity index (χ0v) is 13.0. The molecule has 1 aromatic carbocycles. The number of hydrogen-bond donors (Lipinski definition) is 2. The molecule has 0 heterocycles. The lowest BCUT2D eigenvalue weighted by atomic mass is 10.0. The molecule has 8 heteroatoms. The van der Waals surface area contributed by atoms with Gasteiger partial charge in [0.1, 0.15) is 16.2 Å². The fourth-order valence-electron chi connectivity index (χ4n) is 2.47. The summed E-state index contributed by atoms with van der Waals surface area (Å²) in [7, 11) is -2.65. The number of rotatable bonds is 5. The zero-order chi connectivity index (χ0) is 15.7. The highest BCUT2D eigenvalue weighted by Crippen LogP contribution is 2.33. The van der Waals surface area contributed by atoms with Crippen LogP contribution in [0.25, 0.3) is 0 Å². The van der Waals surface area contributed by atoms with Gasteiger partial charge in [0.25, 0.3) is 0 Å². The van der Waals surface area contributed by atoms with Gasteiger partial charge in [0.05, 0.1) is 12.1 Å². The van der Waals surface area contributed by atoms with E-state index >= 15 is 0 Å². The quantitative estimate of drug-likeness (QED) is 0.860. The van der Waals surface area contributed by atoms with Gasteiger partial charge >= 0.3 is 5.97 Å². The third kappa shape index (κ3) is 3.14. The Morgan fingerprint density at radius 1 is 1.38 bits per heavy atom. The van der Waals surface area contributed by atoms with Gasteiger partial charge in [-0.05, 0) is 25.0 Å². The summed E-state index contributed by atoms with van der Waals surface area (Å²) in [4.78, 5) is 11.3. The molecule has 1 aliphatic carbocycles. The topological polar surface area (TPSA) is 92.7 Å². The van der Waals surface area contributed by atoms with Gasteiger partial charge in [0, 0.05) is 6.07 Å². The average Bonchev–Trinajstić information content (AvgIpc) is 2.88. The van der Waals surface area contributed by atoms with Crippen LogP contribution in [0, 0.1) is 0 Å². The number of carboxylic acids is 1. The third-order valence-electron chi connectivity index (χ3n) is 3.62. The summed E-state index contributed by atoms with van der Waals surface area (Å²) < 4.78 is 32.2. The molecule has 0 bridgehead atoms. The number of halogens is 1. The van der Waals surface area contributed by atoms with E-state index in [1.807, 2.05) is 0 Å². The normalized spacial score (nSPS) is 17.6. The predicted molar refractivity (Wildman–Crippen MR) is 77.2 cm³/mol. The monoisotopic (exact) mass is 333 g/mol. The Balaban J connectivity index is 2.40. The summed E-state index contributed by atoms with van der Waals surface area (Å²) >= 11 is 5.93. The molecule has 0 aliphatic heterocycles. The molecular weight excluding hydrogens is 318 g/mol. The number of ether oxygens (including phenoxy) is 1. The number of sulfonamides is 1. The van der Waals surface area contributed by atoms with Crippen molar-refractivity contribution in [2.24, 2.45) is 0 Å². The Morgan fingerprint density at radius 3 is 2.52 bits per heavy atom. The lowest BCUT2D eigenvalue weighted by Crippen LogP contribution is -2.52. The Labute approximate surface area is 128 Å². The number of carboxylic acid groups (broad SMARTS) is 1. The molecule has 116 valence electrons. The fourth-order valence-corrected chi connectivity index (χ4v) is 4.40. The van der Waals surface area contributed by atoms with E-state index in [0.29, 0.717) is 18.6 Å². The summed E-state index contributed by atoms with van der Waals surface area (Å²) in [6.07, 6.45) is 1.87. The molecule has 1 fully saturated rings. The van der Waals surface area contributed by atoms with Crippen LogP contribution in [-0.4, -0.2) is 32.1 Å². The number of benzene rings is 1. The molecule has 0 radical (unpaired) electrons. The van der Waals surface area contributed by atoms with Gasteiger partial charge in [0.15, 0.2) is 0 Å². The smallest absolute Gasteiger partial charge is 0.324 e. The largest absolute Gasteiger partial charge is 0.497 e. The first-order valence-corrected chi connectivity index (χ1v) is 8.28. The van der Waals surface area contributed by atoms with Crippen LogP contribution in [0.15, 0.2) is 23.1 Å². The van der Waals surface area contributed by atoms with Crippen molar-refractivity contribution in [3.05, 3.63) is 23.2 Å². The number of carbonyl (C=O) groups is 1. The molecule has 1 aliphatic rings. The molecular formula is C13H16ClNO5S. The van der Waals surface area contributed by atoms with Crippen LogP contribution in [0.2, 0.25) is 5.02 Å². The van der Waals surface area contributed by atoms with Crippen LogP contribution < -0.4 is 9.46 Å². The second kappa shape index (κ2) is 5.82. The van der Waals surface area contributed by atoms with Gasteiger partial charge in [-0.2, -0.15) is 4.72 Å². The van der Waals surface area contributed by atoms with Crippen LogP contribution in [-0.2, 0) is 14.8 Å². The molecule has 2 N–H and O–H groups in total. The Hall–Kier alpha value is -1.31. The van der Waals surface area contributed by atoms with Crippen molar-refractivity contribution in [2.45, 2.75) is 36.1 Å². The van der Waals surface area contributed by atoms with Crippen LogP contribution in [0.5, 0.6) is 5.75 Å². The van der Waals surface area contributed by atoms with Crippen molar-refractivity contribution < 1.29 is 23.1 Å². The SMILES string of the molecule is COc1ccc(Cl)c(S(=O)(=O)NC2(C(=O)O)CCCC2)c1. The number of nitrogens with one attached hydrogen (secondary N) is 1. The van der Waals surface area contributed by atoms with Gasteiger partial charge in [0.2, 0.25) is 10.0 Å².